The maximum atomic E-state index is 12.2. The Hall–Kier alpha value is -2.01. The molecule has 0 bridgehead atoms. The van der Waals surface area contributed by atoms with Gasteiger partial charge < -0.3 is 10.1 Å². The molecule has 1 atom stereocenters. The molecular formula is C19H16Cl3NO3. The largest absolute Gasteiger partial charge is 0.449 e. The predicted octanol–water partition coefficient (Wildman–Crippen LogP) is 5.54. The van der Waals surface area contributed by atoms with E-state index in [1.807, 2.05) is 31.2 Å². The summed E-state index contributed by atoms with van der Waals surface area (Å²) in [5.41, 5.74) is 2.26. The summed E-state index contributed by atoms with van der Waals surface area (Å²) in [5.74, 6) is -1.17. The van der Waals surface area contributed by atoms with Crippen molar-refractivity contribution in [3.05, 3.63) is 68.7 Å². The maximum Gasteiger partial charge on any atom is 0.331 e. The van der Waals surface area contributed by atoms with Crippen molar-refractivity contribution >= 4 is 58.4 Å². The molecule has 4 nitrogen and oxygen atoms in total. The van der Waals surface area contributed by atoms with Gasteiger partial charge in [-0.1, -0.05) is 64.6 Å². The molecule has 2 rings (SSSR count). The second-order valence-corrected chi connectivity index (χ2v) is 6.78. The lowest BCUT2D eigenvalue weighted by Gasteiger charge is -2.13. The van der Waals surface area contributed by atoms with Crippen LogP contribution in [0.2, 0.25) is 15.1 Å². The highest BCUT2D eigenvalue weighted by Gasteiger charge is 2.18. The molecule has 1 N–H and O–H groups in total. The van der Waals surface area contributed by atoms with Crippen LogP contribution < -0.4 is 5.32 Å². The van der Waals surface area contributed by atoms with E-state index in [1.54, 1.807) is 6.08 Å². The Labute approximate surface area is 166 Å². The van der Waals surface area contributed by atoms with Crippen molar-refractivity contribution in [2.24, 2.45) is 0 Å². The fraction of sp³-hybridized carbons (Fsp3) is 0.158. The van der Waals surface area contributed by atoms with Crippen molar-refractivity contribution in [2.45, 2.75) is 20.0 Å². The van der Waals surface area contributed by atoms with Crippen molar-refractivity contribution in [3.8, 4) is 0 Å². The summed E-state index contributed by atoms with van der Waals surface area (Å²) in [5, 5.41) is 3.30. The number of esters is 1. The molecule has 136 valence electrons. The van der Waals surface area contributed by atoms with Crippen molar-refractivity contribution in [3.63, 3.8) is 0 Å². The predicted molar refractivity (Wildman–Crippen MR) is 106 cm³/mol. The molecule has 0 saturated carbocycles. The topological polar surface area (TPSA) is 55.4 Å². The van der Waals surface area contributed by atoms with Crippen LogP contribution in [0, 0.1) is 6.92 Å². The normalized spacial score (nSPS) is 12.0. The van der Waals surface area contributed by atoms with Gasteiger partial charge in [-0.15, -0.1) is 0 Å². The number of hydrogen-bond acceptors (Lipinski definition) is 3. The molecule has 7 heteroatoms. The Bertz CT molecular complexity index is 848. The van der Waals surface area contributed by atoms with Gasteiger partial charge in [-0.2, -0.15) is 0 Å². The number of hydrogen-bond donors (Lipinski definition) is 1. The Morgan fingerprint density at radius 2 is 1.65 bits per heavy atom. The molecule has 0 aromatic heterocycles. The number of rotatable bonds is 5. The van der Waals surface area contributed by atoms with Gasteiger partial charge in [0.1, 0.15) is 0 Å². The minimum Gasteiger partial charge on any atom is -0.449 e. The van der Waals surface area contributed by atoms with Gasteiger partial charge in [0.25, 0.3) is 5.91 Å². The average Bonchev–Trinajstić information content (AvgIpc) is 2.59. The standard InChI is InChI=1S/C19H16Cl3NO3/c1-11-3-5-13(6-4-11)7-8-18(24)26-12(2)19(25)23-17-10-15(21)14(20)9-16(17)22/h3-10,12H,1-2H3,(H,23,25). The fourth-order valence-corrected chi connectivity index (χ4v) is 2.56. The highest BCUT2D eigenvalue weighted by molar-refractivity contribution is 6.44. The first kappa shape index (κ1) is 20.3. The van der Waals surface area contributed by atoms with E-state index in [2.05, 4.69) is 5.32 Å². The number of aryl methyl sites for hydroxylation is 1. The molecule has 2 aromatic rings. The Balaban J connectivity index is 1.95. The van der Waals surface area contributed by atoms with Crippen LogP contribution in [0.3, 0.4) is 0 Å². The number of ether oxygens (including phenoxy) is 1. The third-order valence-corrected chi connectivity index (χ3v) is 4.45. The molecular weight excluding hydrogens is 397 g/mol. The number of benzene rings is 2. The second-order valence-electron chi connectivity index (χ2n) is 5.56. The monoisotopic (exact) mass is 411 g/mol. The summed E-state index contributed by atoms with van der Waals surface area (Å²) in [6.45, 7) is 3.43. The lowest BCUT2D eigenvalue weighted by Crippen LogP contribution is -2.29. The molecule has 0 spiro atoms. The van der Waals surface area contributed by atoms with Crippen LogP contribution in [0.4, 0.5) is 5.69 Å². The van der Waals surface area contributed by atoms with Crippen LogP contribution >= 0.6 is 34.8 Å². The lowest BCUT2D eigenvalue weighted by molar-refractivity contribution is -0.148. The van der Waals surface area contributed by atoms with Crippen molar-refractivity contribution < 1.29 is 14.3 Å². The van der Waals surface area contributed by atoms with E-state index >= 15 is 0 Å². The molecule has 2 aromatic carbocycles. The van der Waals surface area contributed by atoms with Crippen LogP contribution in [0.5, 0.6) is 0 Å². The highest BCUT2D eigenvalue weighted by atomic mass is 35.5. The van der Waals surface area contributed by atoms with Gasteiger partial charge in [0, 0.05) is 6.08 Å². The van der Waals surface area contributed by atoms with Gasteiger partial charge in [0.05, 0.1) is 20.8 Å². The summed E-state index contributed by atoms with van der Waals surface area (Å²) in [6.07, 6.45) is 1.86. The van der Waals surface area contributed by atoms with E-state index in [-0.39, 0.29) is 20.8 Å². The Morgan fingerprint density at radius 3 is 2.31 bits per heavy atom. The number of carbonyl (C=O) groups excluding carboxylic acids is 2. The third kappa shape index (κ3) is 5.77. The zero-order valence-electron chi connectivity index (χ0n) is 14.1. The highest BCUT2D eigenvalue weighted by Crippen LogP contribution is 2.32. The average molecular weight is 413 g/mol. The van der Waals surface area contributed by atoms with Gasteiger partial charge in [-0.25, -0.2) is 4.79 Å². The lowest BCUT2D eigenvalue weighted by atomic mass is 10.1. The van der Waals surface area contributed by atoms with E-state index in [0.29, 0.717) is 0 Å². The SMILES string of the molecule is Cc1ccc(C=CC(=O)OC(C)C(=O)Nc2cc(Cl)c(Cl)cc2Cl)cc1. The first-order chi connectivity index (χ1) is 12.3. The molecule has 0 heterocycles. The van der Waals surface area contributed by atoms with Crippen LogP contribution in [-0.4, -0.2) is 18.0 Å². The molecule has 0 fully saturated rings. The van der Waals surface area contributed by atoms with E-state index in [0.717, 1.165) is 11.1 Å². The zero-order valence-corrected chi connectivity index (χ0v) is 16.3. The molecule has 0 aliphatic heterocycles. The summed E-state index contributed by atoms with van der Waals surface area (Å²) in [6, 6.07) is 10.5. The molecule has 0 saturated heterocycles. The number of amides is 1. The van der Waals surface area contributed by atoms with Crippen molar-refractivity contribution in [2.75, 3.05) is 5.32 Å². The minimum absolute atomic E-state index is 0.227. The minimum atomic E-state index is -1.02. The number of anilines is 1. The van der Waals surface area contributed by atoms with E-state index < -0.39 is 18.0 Å². The summed E-state index contributed by atoms with van der Waals surface area (Å²) in [7, 11) is 0. The molecule has 1 amide bonds. The fourth-order valence-electron chi connectivity index (χ4n) is 1.96. The first-order valence-corrected chi connectivity index (χ1v) is 8.80. The number of carbonyl (C=O) groups is 2. The van der Waals surface area contributed by atoms with Gasteiger partial charge in [0.2, 0.25) is 0 Å². The Morgan fingerprint density at radius 1 is 1.04 bits per heavy atom. The number of nitrogens with one attached hydrogen (secondary N) is 1. The zero-order chi connectivity index (χ0) is 19.3. The van der Waals surface area contributed by atoms with Crippen molar-refractivity contribution in [1.29, 1.82) is 0 Å². The summed E-state index contributed by atoms with van der Waals surface area (Å²) in [4.78, 5) is 24.0. The molecule has 1 unspecified atom stereocenters. The third-order valence-electron chi connectivity index (χ3n) is 3.42. The van der Waals surface area contributed by atoms with Gasteiger partial charge in [-0.3, -0.25) is 4.79 Å². The van der Waals surface area contributed by atoms with Crippen LogP contribution in [0.15, 0.2) is 42.5 Å². The van der Waals surface area contributed by atoms with Crippen LogP contribution in [0.1, 0.15) is 18.1 Å². The second kappa shape index (κ2) is 9.08. The van der Waals surface area contributed by atoms with E-state index in [1.165, 1.54) is 25.1 Å². The van der Waals surface area contributed by atoms with Gasteiger partial charge >= 0.3 is 5.97 Å². The molecule has 26 heavy (non-hydrogen) atoms. The first-order valence-electron chi connectivity index (χ1n) is 7.67. The molecule has 0 radical (unpaired) electrons. The smallest absolute Gasteiger partial charge is 0.331 e. The molecule has 0 aliphatic rings. The van der Waals surface area contributed by atoms with Crippen molar-refractivity contribution in [1.82, 2.24) is 0 Å². The quantitative estimate of drug-likeness (QED) is 0.398. The summed E-state index contributed by atoms with van der Waals surface area (Å²) >= 11 is 17.8. The Kier molecular flexibility index (Phi) is 7.09. The maximum absolute atomic E-state index is 12.2. The van der Waals surface area contributed by atoms with Crippen LogP contribution in [-0.2, 0) is 14.3 Å². The van der Waals surface area contributed by atoms with Gasteiger partial charge in [-0.05, 0) is 37.6 Å². The number of halogens is 3. The van der Waals surface area contributed by atoms with E-state index in [9.17, 15) is 9.59 Å². The summed E-state index contributed by atoms with van der Waals surface area (Å²) < 4.78 is 5.08. The van der Waals surface area contributed by atoms with E-state index in [4.69, 9.17) is 39.5 Å². The van der Waals surface area contributed by atoms with Gasteiger partial charge in [0.15, 0.2) is 6.10 Å². The molecule has 0 aliphatic carbocycles. The van der Waals surface area contributed by atoms with Crippen LogP contribution in [0.25, 0.3) is 6.08 Å².